The van der Waals surface area contributed by atoms with Crippen LogP contribution in [-0.2, 0) is 23.7 Å². The number of benzene rings is 1. The molecule has 12 heteroatoms. The van der Waals surface area contributed by atoms with Crippen LogP contribution < -0.4 is 11.1 Å². The van der Waals surface area contributed by atoms with Gasteiger partial charge in [0.05, 0.1) is 23.6 Å². The third-order valence-corrected chi connectivity index (χ3v) is 5.96. The lowest BCUT2D eigenvalue weighted by Gasteiger charge is -2.23. The Morgan fingerprint density at radius 3 is 2.56 bits per heavy atom. The summed E-state index contributed by atoms with van der Waals surface area (Å²) in [6, 6.07) is 9.12. The number of hydrogen-bond donors (Lipinski definition) is 2. The number of alkyl halides is 3. The van der Waals surface area contributed by atoms with E-state index in [0.717, 1.165) is 5.56 Å². The van der Waals surface area contributed by atoms with Crippen molar-refractivity contribution in [1.82, 2.24) is 29.7 Å². The van der Waals surface area contributed by atoms with Crippen LogP contribution in [0.4, 0.5) is 24.8 Å². The van der Waals surface area contributed by atoms with Crippen molar-refractivity contribution in [3.05, 3.63) is 53.5 Å². The van der Waals surface area contributed by atoms with Crippen LogP contribution in [0.25, 0.3) is 22.6 Å². The number of nitrogen functional groups attached to an aromatic ring is 1. The number of aryl methyl sites for hydroxylation is 2. The van der Waals surface area contributed by atoms with Gasteiger partial charge in [0.2, 0.25) is 5.91 Å². The van der Waals surface area contributed by atoms with Gasteiger partial charge in [-0.2, -0.15) is 18.3 Å². The third-order valence-electron chi connectivity index (χ3n) is 5.96. The van der Waals surface area contributed by atoms with Crippen molar-refractivity contribution in [3.8, 4) is 11.5 Å². The summed E-state index contributed by atoms with van der Waals surface area (Å²) in [5.74, 6) is 0.0160. The molecule has 1 aliphatic rings. The lowest BCUT2D eigenvalue weighted by Crippen LogP contribution is -2.32. The van der Waals surface area contributed by atoms with Crippen molar-refractivity contribution in [2.24, 2.45) is 7.05 Å². The minimum absolute atomic E-state index is 0.0238. The molecule has 1 atom stereocenters. The largest absolute Gasteiger partial charge is 0.389 e. The average Bonchev–Trinajstić information content (AvgIpc) is 3.29. The third kappa shape index (κ3) is 3.42. The molecule has 3 N–H and O–H groups in total. The molecule has 34 heavy (non-hydrogen) atoms. The Kier molecular flexibility index (Phi) is 4.78. The second-order valence-electron chi connectivity index (χ2n) is 8.21. The van der Waals surface area contributed by atoms with Crippen LogP contribution >= 0.6 is 0 Å². The second kappa shape index (κ2) is 7.47. The van der Waals surface area contributed by atoms with Crippen LogP contribution in [0.15, 0.2) is 36.5 Å². The molecule has 174 valence electrons. The minimum atomic E-state index is -4.36. The van der Waals surface area contributed by atoms with Gasteiger partial charge >= 0.3 is 6.18 Å². The van der Waals surface area contributed by atoms with Crippen LogP contribution in [0, 0.1) is 0 Å². The highest BCUT2D eigenvalue weighted by atomic mass is 19.4. The number of nitrogens with two attached hydrogens (primary N) is 1. The number of carbonyl (C=O) groups is 1. The van der Waals surface area contributed by atoms with Crippen molar-refractivity contribution in [2.45, 2.75) is 31.4 Å². The van der Waals surface area contributed by atoms with E-state index in [2.05, 4.69) is 30.4 Å². The Morgan fingerprint density at radius 1 is 1.12 bits per heavy atom. The highest BCUT2D eigenvalue weighted by molar-refractivity contribution is 6.09. The number of halogens is 3. The first kappa shape index (κ1) is 21.7. The Bertz CT molecular complexity index is 1430. The van der Waals surface area contributed by atoms with Gasteiger partial charge in [0.15, 0.2) is 11.5 Å². The number of nitrogens with zero attached hydrogens (tertiary/aromatic N) is 6. The second-order valence-corrected chi connectivity index (χ2v) is 8.21. The van der Waals surface area contributed by atoms with E-state index in [-0.39, 0.29) is 34.9 Å². The lowest BCUT2D eigenvalue weighted by molar-refractivity contribution is -0.134. The van der Waals surface area contributed by atoms with Crippen LogP contribution in [0.2, 0.25) is 0 Å². The summed E-state index contributed by atoms with van der Waals surface area (Å²) in [7, 11) is 1.62. The molecule has 0 bridgehead atoms. The fourth-order valence-electron chi connectivity index (χ4n) is 4.16. The van der Waals surface area contributed by atoms with Crippen LogP contribution in [0.3, 0.4) is 0 Å². The summed E-state index contributed by atoms with van der Waals surface area (Å²) in [4.78, 5) is 30.5. The Morgan fingerprint density at radius 2 is 1.85 bits per heavy atom. The summed E-state index contributed by atoms with van der Waals surface area (Å²) in [6.45, 7) is 1.74. The van der Waals surface area contributed by atoms with E-state index < -0.39 is 24.4 Å². The average molecular weight is 468 g/mol. The standard InChI is InChI=1S/C22H19F3N8O/c1-21(11-6-4-3-5-7-11)14-16(26)30-18(31-17(14)32-20(21)34)15-12-10-27-33(2)19(12)29-13(28-15)8-9-22(23,24)25/h3-7,10H,8-9H2,1-2H3,(H3,26,30,31,32,34)/t21-/m1/s1. The summed E-state index contributed by atoms with van der Waals surface area (Å²) in [5, 5.41) is 7.36. The predicted molar refractivity (Wildman–Crippen MR) is 118 cm³/mol. The molecular formula is C22H19F3N8O. The van der Waals surface area contributed by atoms with Crippen molar-refractivity contribution < 1.29 is 18.0 Å². The van der Waals surface area contributed by atoms with Gasteiger partial charge in [-0.05, 0) is 12.5 Å². The summed E-state index contributed by atoms with van der Waals surface area (Å²) in [5.41, 5.74) is 6.90. The lowest BCUT2D eigenvalue weighted by atomic mass is 9.78. The van der Waals surface area contributed by atoms with Gasteiger partial charge in [0.25, 0.3) is 0 Å². The molecular weight excluding hydrogens is 449 g/mol. The number of carbonyl (C=O) groups excluding carboxylic acids is 1. The molecule has 0 aliphatic carbocycles. The molecule has 3 aromatic heterocycles. The summed E-state index contributed by atoms with van der Waals surface area (Å²) >= 11 is 0. The quantitative estimate of drug-likeness (QED) is 0.471. The molecule has 1 aliphatic heterocycles. The smallest absolute Gasteiger partial charge is 0.383 e. The topological polar surface area (TPSA) is 124 Å². The number of rotatable bonds is 4. The predicted octanol–water partition coefficient (Wildman–Crippen LogP) is 3.16. The van der Waals surface area contributed by atoms with E-state index in [9.17, 15) is 18.0 Å². The molecule has 9 nitrogen and oxygen atoms in total. The maximum Gasteiger partial charge on any atom is 0.389 e. The zero-order chi connectivity index (χ0) is 24.3. The normalized spacial score (nSPS) is 17.7. The van der Waals surface area contributed by atoms with Gasteiger partial charge in [-0.15, -0.1) is 0 Å². The van der Waals surface area contributed by atoms with Crippen molar-refractivity contribution in [3.63, 3.8) is 0 Å². The van der Waals surface area contributed by atoms with E-state index in [0.29, 0.717) is 16.6 Å². The fourth-order valence-corrected chi connectivity index (χ4v) is 4.16. The number of nitrogens with one attached hydrogen (secondary N) is 1. The van der Waals surface area contributed by atoms with Crippen LogP contribution in [0.1, 0.15) is 30.3 Å². The molecule has 0 radical (unpaired) electrons. The molecule has 4 heterocycles. The zero-order valence-corrected chi connectivity index (χ0v) is 18.2. The Hall–Kier alpha value is -4.09. The Balaban J connectivity index is 1.66. The summed E-state index contributed by atoms with van der Waals surface area (Å²) < 4.78 is 39.8. The highest BCUT2D eigenvalue weighted by Gasteiger charge is 2.47. The molecule has 0 fully saturated rings. The van der Waals surface area contributed by atoms with Crippen LogP contribution in [0.5, 0.6) is 0 Å². The molecule has 0 unspecified atom stereocenters. The zero-order valence-electron chi connectivity index (χ0n) is 18.2. The van der Waals surface area contributed by atoms with E-state index in [4.69, 9.17) is 5.73 Å². The van der Waals surface area contributed by atoms with Gasteiger partial charge in [-0.1, -0.05) is 30.3 Å². The van der Waals surface area contributed by atoms with Crippen molar-refractivity contribution in [2.75, 3.05) is 11.1 Å². The molecule has 1 amide bonds. The molecule has 1 aromatic carbocycles. The first-order chi connectivity index (χ1) is 16.1. The van der Waals surface area contributed by atoms with Gasteiger partial charge < -0.3 is 11.1 Å². The first-order valence-corrected chi connectivity index (χ1v) is 10.4. The molecule has 0 spiro atoms. The minimum Gasteiger partial charge on any atom is -0.383 e. The molecule has 0 saturated carbocycles. The maximum atomic E-state index is 13.0. The monoisotopic (exact) mass is 468 g/mol. The van der Waals surface area contributed by atoms with E-state index in [1.54, 1.807) is 14.0 Å². The van der Waals surface area contributed by atoms with Gasteiger partial charge in [-0.25, -0.2) is 19.9 Å². The van der Waals surface area contributed by atoms with Crippen LogP contribution in [-0.4, -0.2) is 41.8 Å². The number of hydrogen-bond acceptors (Lipinski definition) is 7. The molecule has 5 rings (SSSR count). The van der Waals surface area contributed by atoms with Gasteiger partial charge in [-0.3, -0.25) is 9.48 Å². The number of fused-ring (bicyclic) bond motifs is 2. The number of amides is 1. The van der Waals surface area contributed by atoms with Gasteiger partial charge in [0.1, 0.15) is 28.6 Å². The summed E-state index contributed by atoms with van der Waals surface area (Å²) in [6.07, 6.45) is -4.36. The highest BCUT2D eigenvalue weighted by Crippen LogP contribution is 2.45. The van der Waals surface area contributed by atoms with Crippen molar-refractivity contribution in [1.29, 1.82) is 0 Å². The van der Waals surface area contributed by atoms with E-state index >= 15 is 0 Å². The molecule has 0 saturated heterocycles. The maximum absolute atomic E-state index is 13.0. The first-order valence-electron chi connectivity index (χ1n) is 10.4. The van der Waals surface area contributed by atoms with Crippen molar-refractivity contribution >= 4 is 28.6 Å². The van der Waals surface area contributed by atoms with E-state index in [1.807, 2.05) is 30.3 Å². The van der Waals surface area contributed by atoms with Gasteiger partial charge in [0, 0.05) is 13.5 Å². The van der Waals surface area contributed by atoms with E-state index in [1.165, 1.54) is 10.9 Å². The Labute approximate surface area is 191 Å². The fraction of sp³-hybridized carbons (Fsp3) is 0.273. The molecule has 4 aromatic rings. The number of aromatic nitrogens is 6. The SMILES string of the molecule is Cn1ncc2c(-c3nc(N)c4c(n3)NC(=O)[C@]4(C)c3ccccc3)nc(CCC(F)(F)F)nc21. The number of anilines is 2.